The zero-order valence-electron chi connectivity index (χ0n) is 14.7. The Hall–Kier alpha value is -2.69. The lowest BCUT2D eigenvalue weighted by Gasteiger charge is -2.23. The summed E-state index contributed by atoms with van der Waals surface area (Å²) in [6, 6.07) is 14.0. The third-order valence-corrected chi connectivity index (χ3v) is 5.67. The van der Waals surface area contributed by atoms with Crippen LogP contribution >= 0.6 is 0 Å². The molecule has 2 aromatic rings. The van der Waals surface area contributed by atoms with Gasteiger partial charge in [-0.1, -0.05) is 37.3 Å². The molecule has 2 atom stereocenters. The quantitative estimate of drug-likeness (QED) is 0.920. The molecule has 1 N–H and O–H groups in total. The summed E-state index contributed by atoms with van der Waals surface area (Å²) in [5, 5.41) is 2.95. The lowest BCUT2D eigenvalue weighted by molar-refractivity contribution is -0.131. The Kier molecular flexibility index (Phi) is 4.02. The number of fused-ring (bicyclic) bond motifs is 2. The highest BCUT2D eigenvalue weighted by Gasteiger charge is 2.51. The van der Waals surface area contributed by atoms with Crippen LogP contribution in [0, 0.1) is 5.82 Å². The fourth-order valence-electron chi connectivity index (χ4n) is 4.10. The van der Waals surface area contributed by atoms with E-state index in [2.05, 4.69) is 5.32 Å². The van der Waals surface area contributed by atoms with Crippen LogP contribution in [0.3, 0.4) is 0 Å². The van der Waals surface area contributed by atoms with Crippen molar-refractivity contribution < 1.29 is 14.0 Å². The maximum Gasteiger partial charge on any atom is 0.236 e. The Balaban J connectivity index is 1.48. The molecule has 2 aliphatic heterocycles. The molecule has 134 valence electrons. The van der Waals surface area contributed by atoms with Gasteiger partial charge in [0.05, 0.1) is 5.41 Å². The molecular weight excluding hydrogens is 331 g/mol. The third-order valence-electron chi connectivity index (χ3n) is 5.67. The van der Waals surface area contributed by atoms with Gasteiger partial charge in [0.1, 0.15) is 5.82 Å². The summed E-state index contributed by atoms with van der Waals surface area (Å²) < 4.78 is 13.1. The van der Waals surface area contributed by atoms with Crippen LogP contribution in [0.5, 0.6) is 0 Å². The number of carbonyl (C=O) groups excluding carboxylic acids is 2. The van der Waals surface area contributed by atoms with Gasteiger partial charge >= 0.3 is 0 Å². The molecule has 0 aliphatic carbocycles. The van der Waals surface area contributed by atoms with E-state index >= 15 is 0 Å². The number of carbonyl (C=O) groups is 2. The Morgan fingerprint density at radius 3 is 2.73 bits per heavy atom. The van der Waals surface area contributed by atoms with E-state index in [-0.39, 0.29) is 23.5 Å². The van der Waals surface area contributed by atoms with Gasteiger partial charge in [0, 0.05) is 25.2 Å². The van der Waals surface area contributed by atoms with Crippen molar-refractivity contribution in [3.05, 3.63) is 65.5 Å². The summed E-state index contributed by atoms with van der Waals surface area (Å²) in [4.78, 5) is 27.2. The number of anilines is 1. The zero-order valence-corrected chi connectivity index (χ0v) is 14.7. The Morgan fingerprint density at radius 2 is 1.96 bits per heavy atom. The smallest absolute Gasteiger partial charge is 0.236 e. The molecule has 2 aromatic carbocycles. The van der Waals surface area contributed by atoms with Gasteiger partial charge in [-0.25, -0.2) is 4.39 Å². The van der Waals surface area contributed by atoms with Gasteiger partial charge in [0.15, 0.2) is 0 Å². The van der Waals surface area contributed by atoms with Gasteiger partial charge in [-0.3, -0.25) is 9.59 Å². The SMILES string of the molecule is CC(CC(=O)N1CCC2(C1)C(=O)Nc1ccccc12)c1ccc(F)cc1. The van der Waals surface area contributed by atoms with Crippen molar-refractivity contribution in [2.24, 2.45) is 0 Å². The van der Waals surface area contributed by atoms with Crippen LogP contribution in [0.4, 0.5) is 10.1 Å². The summed E-state index contributed by atoms with van der Waals surface area (Å²) in [6.45, 7) is 2.97. The largest absolute Gasteiger partial charge is 0.341 e. The number of likely N-dealkylation sites (tertiary alicyclic amines) is 1. The van der Waals surface area contributed by atoms with E-state index in [1.165, 1.54) is 12.1 Å². The topological polar surface area (TPSA) is 49.4 Å². The number of nitrogens with zero attached hydrogens (tertiary/aromatic N) is 1. The number of para-hydroxylation sites is 1. The van der Waals surface area contributed by atoms with E-state index in [0.717, 1.165) is 16.8 Å². The second-order valence-corrected chi connectivity index (χ2v) is 7.30. The number of amides is 2. The van der Waals surface area contributed by atoms with Crippen molar-refractivity contribution >= 4 is 17.5 Å². The van der Waals surface area contributed by atoms with Gasteiger partial charge in [-0.05, 0) is 41.7 Å². The van der Waals surface area contributed by atoms with Crippen molar-refractivity contribution in [3.63, 3.8) is 0 Å². The minimum absolute atomic E-state index is 0.00402. The Labute approximate surface area is 152 Å². The van der Waals surface area contributed by atoms with Crippen molar-refractivity contribution in [1.82, 2.24) is 4.90 Å². The predicted octanol–water partition coefficient (Wildman–Crippen LogP) is 3.44. The van der Waals surface area contributed by atoms with Crippen LogP contribution in [0.25, 0.3) is 0 Å². The first-order chi connectivity index (χ1) is 12.5. The van der Waals surface area contributed by atoms with Crippen LogP contribution < -0.4 is 5.32 Å². The Bertz CT molecular complexity index is 865. The number of halogens is 1. The van der Waals surface area contributed by atoms with Gasteiger partial charge in [-0.15, -0.1) is 0 Å². The van der Waals surface area contributed by atoms with Gasteiger partial charge < -0.3 is 10.2 Å². The molecule has 1 saturated heterocycles. The van der Waals surface area contributed by atoms with E-state index < -0.39 is 5.41 Å². The Morgan fingerprint density at radius 1 is 1.23 bits per heavy atom. The minimum Gasteiger partial charge on any atom is -0.341 e. The first-order valence-electron chi connectivity index (χ1n) is 8.94. The van der Waals surface area contributed by atoms with E-state index in [9.17, 15) is 14.0 Å². The molecule has 0 aromatic heterocycles. The summed E-state index contributed by atoms with van der Waals surface area (Å²) in [5.41, 5.74) is 2.17. The number of hydrogen-bond donors (Lipinski definition) is 1. The maximum absolute atomic E-state index is 13.1. The molecule has 0 bridgehead atoms. The molecule has 5 heteroatoms. The van der Waals surface area contributed by atoms with Crippen LogP contribution in [-0.2, 0) is 15.0 Å². The molecule has 0 radical (unpaired) electrons. The second-order valence-electron chi connectivity index (χ2n) is 7.30. The van der Waals surface area contributed by atoms with Crippen molar-refractivity contribution in [3.8, 4) is 0 Å². The van der Waals surface area contributed by atoms with Crippen molar-refractivity contribution in [1.29, 1.82) is 0 Å². The first kappa shape index (κ1) is 16.8. The zero-order chi connectivity index (χ0) is 18.3. The highest BCUT2D eigenvalue weighted by Crippen LogP contribution is 2.44. The molecule has 4 rings (SSSR count). The molecular formula is C21H21FN2O2. The van der Waals surface area contributed by atoms with Gasteiger partial charge in [-0.2, -0.15) is 0 Å². The fourth-order valence-corrected chi connectivity index (χ4v) is 4.10. The summed E-state index contributed by atoms with van der Waals surface area (Å²) in [6.07, 6.45) is 0.998. The maximum atomic E-state index is 13.1. The highest BCUT2D eigenvalue weighted by molar-refractivity contribution is 6.07. The predicted molar refractivity (Wildman–Crippen MR) is 97.4 cm³/mol. The molecule has 1 spiro atoms. The lowest BCUT2D eigenvalue weighted by Crippen LogP contribution is -2.39. The monoisotopic (exact) mass is 352 g/mol. The second kappa shape index (κ2) is 6.24. The van der Waals surface area contributed by atoms with E-state index in [1.54, 1.807) is 17.0 Å². The van der Waals surface area contributed by atoms with Gasteiger partial charge in [0.2, 0.25) is 11.8 Å². The summed E-state index contributed by atoms with van der Waals surface area (Å²) in [5.74, 6) is -0.250. The number of nitrogens with one attached hydrogen (secondary N) is 1. The molecule has 0 saturated carbocycles. The van der Waals surface area contributed by atoms with Crippen molar-refractivity contribution in [2.75, 3.05) is 18.4 Å². The molecule has 26 heavy (non-hydrogen) atoms. The minimum atomic E-state index is -0.620. The molecule has 2 unspecified atom stereocenters. The normalized spacial score (nSPS) is 22.4. The molecule has 4 nitrogen and oxygen atoms in total. The standard InChI is InChI=1S/C21H21FN2O2/c1-14(15-6-8-16(22)9-7-15)12-19(25)24-11-10-21(13-24)17-4-2-3-5-18(17)23-20(21)26/h2-9,14H,10-13H2,1H3,(H,23,26). The average molecular weight is 352 g/mol. The van der Waals surface area contributed by atoms with E-state index in [0.29, 0.717) is 25.9 Å². The van der Waals surface area contributed by atoms with Gasteiger partial charge in [0.25, 0.3) is 0 Å². The highest BCUT2D eigenvalue weighted by atomic mass is 19.1. The summed E-state index contributed by atoms with van der Waals surface area (Å²) in [7, 11) is 0. The van der Waals surface area contributed by atoms with Crippen molar-refractivity contribution in [2.45, 2.75) is 31.1 Å². The summed E-state index contributed by atoms with van der Waals surface area (Å²) >= 11 is 0. The van der Waals surface area contributed by atoms with E-state index in [4.69, 9.17) is 0 Å². The number of hydrogen-bond acceptors (Lipinski definition) is 2. The molecule has 2 heterocycles. The number of rotatable bonds is 3. The van der Waals surface area contributed by atoms with Crippen LogP contribution in [0.1, 0.15) is 36.8 Å². The first-order valence-corrected chi connectivity index (χ1v) is 8.94. The lowest BCUT2D eigenvalue weighted by atomic mass is 9.81. The molecule has 2 amide bonds. The van der Waals surface area contributed by atoms with E-state index in [1.807, 2.05) is 31.2 Å². The molecule has 2 aliphatic rings. The molecule has 1 fully saturated rings. The van der Waals surface area contributed by atoms with Crippen LogP contribution in [0.15, 0.2) is 48.5 Å². The van der Waals surface area contributed by atoms with Crippen LogP contribution in [0.2, 0.25) is 0 Å². The van der Waals surface area contributed by atoms with Crippen LogP contribution in [-0.4, -0.2) is 29.8 Å². The fraction of sp³-hybridized carbons (Fsp3) is 0.333. The number of benzene rings is 2. The third kappa shape index (κ3) is 2.68. The average Bonchev–Trinajstić information content (AvgIpc) is 3.19.